The van der Waals surface area contributed by atoms with E-state index in [1.165, 1.54) is 7.11 Å². The van der Waals surface area contributed by atoms with Crippen LogP contribution in [0.15, 0.2) is 55.1 Å². The van der Waals surface area contributed by atoms with Gasteiger partial charge in [0.05, 0.1) is 18.5 Å². The molecule has 2 aromatic rings. The van der Waals surface area contributed by atoms with Crippen LogP contribution in [0, 0.1) is 0 Å². The molecule has 2 rings (SSSR count). The number of hydrogen-bond acceptors (Lipinski definition) is 3. The zero-order chi connectivity index (χ0) is 14.5. The van der Waals surface area contributed by atoms with Crippen LogP contribution in [0.25, 0.3) is 5.57 Å². The highest BCUT2D eigenvalue weighted by Crippen LogP contribution is 2.27. The molecule has 0 aliphatic rings. The molecule has 20 heavy (non-hydrogen) atoms. The smallest absolute Gasteiger partial charge is 0.261 e. The molecule has 0 radical (unpaired) electrons. The fourth-order valence-corrected chi connectivity index (χ4v) is 2.21. The zero-order valence-electron chi connectivity index (χ0n) is 11.1. The minimum atomic E-state index is -1.61. The second-order valence-corrected chi connectivity index (χ2v) is 5.16. The molecule has 0 saturated heterocycles. The Bertz CT molecular complexity index is 642. The highest BCUT2D eigenvalue weighted by Gasteiger charge is 2.07. The van der Waals surface area contributed by atoms with Gasteiger partial charge in [0.2, 0.25) is 0 Å². The summed E-state index contributed by atoms with van der Waals surface area (Å²) in [6.07, 6.45) is 0. The summed E-state index contributed by atoms with van der Waals surface area (Å²) in [5, 5.41) is 0. The van der Waals surface area contributed by atoms with E-state index in [1.807, 2.05) is 42.5 Å². The fourth-order valence-electron chi connectivity index (χ4n) is 1.77. The van der Waals surface area contributed by atoms with Gasteiger partial charge < -0.3 is 5.73 Å². The molecule has 5 heteroatoms. The van der Waals surface area contributed by atoms with Crippen LogP contribution in [0.4, 0.5) is 11.4 Å². The topological polar surface area (TPSA) is 64.3 Å². The van der Waals surface area contributed by atoms with E-state index in [0.717, 1.165) is 16.7 Å². The average Bonchev–Trinajstić information content (AvgIpc) is 2.49. The molecule has 0 aliphatic heterocycles. The van der Waals surface area contributed by atoms with Crippen LogP contribution in [-0.4, -0.2) is 11.3 Å². The molecule has 0 spiro atoms. The summed E-state index contributed by atoms with van der Waals surface area (Å²) in [5.74, 6) is 0. The van der Waals surface area contributed by atoms with Crippen molar-refractivity contribution < 1.29 is 8.39 Å². The van der Waals surface area contributed by atoms with Gasteiger partial charge >= 0.3 is 0 Å². The highest BCUT2D eigenvalue weighted by atomic mass is 32.2. The van der Waals surface area contributed by atoms with Crippen LogP contribution in [0.2, 0.25) is 0 Å². The predicted molar refractivity (Wildman–Crippen MR) is 84.2 cm³/mol. The molecule has 104 valence electrons. The molecule has 1 unspecified atom stereocenters. The Balaban J connectivity index is 2.32. The first-order valence-corrected chi connectivity index (χ1v) is 7.06. The Kier molecular flexibility index (Phi) is 4.55. The van der Waals surface area contributed by atoms with Gasteiger partial charge in [-0.1, -0.05) is 43.0 Å². The second-order valence-electron chi connectivity index (χ2n) is 4.15. The normalized spacial score (nSPS) is 11.8. The summed E-state index contributed by atoms with van der Waals surface area (Å²) in [6, 6.07) is 15.3. The van der Waals surface area contributed by atoms with Crippen molar-refractivity contribution in [3.05, 3.63) is 66.2 Å². The van der Waals surface area contributed by atoms with Gasteiger partial charge in [0.1, 0.15) is 0 Å². The van der Waals surface area contributed by atoms with Gasteiger partial charge in [0, 0.05) is 0 Å². The van der Waals surface area contributed by atoms with Crippen LogP contribution < -0.4 is 10.5 Å². The molecular weight excluding hydrogens is 272 g/mol. The van der Waals surface area contributed by atoms with E-state index in [0.29, 0.717) is 11.4 Å². The number of benzene rings is 2. The number of nitrogens with two attached hydrogens (primary N) is 1. The Morgan fingerprint density at radius 1 is 1.20 bits per heavy atom. The van der Waals surface area contributed by atoms with Crippen molar-refractivity contribution in [1.82, 2.24) is 0 Å². The molecule has 0 aromatic heterocycles. The van der Waals surface area contributed by atoms with Crippen LogP contribution in [0.3, 0.4) is 0 Å². The van der Waals surface area contributed by atoms with E-state index < -0.39 is 11.3 Å². The molecule has 2 aromatic carbocycles. The van der Waals surface area contributed by atoms with Crippen molar-refractivity contribution in [3.8, 4) is 0 Å². The lowest BCUT2D eigenvalue weighted by Gasteiger charge is -2.11. The molecule has 3 N–H and O–H groups in total. The molecule has 0 amide bonds. The zero-order valence-corrected chi connectivity index (χ0v) is 11.9. The van der Waals surface area contributed by atoms with Gasteiger partial charge in [0.25, 0.3) is 11.3 Å². The van der Waals surface area contributed by atoms with Crippen molar-refractivity contribution in [2.75, 3.05) is 17.6 Å². The fraction of sp³-hybridized carbons (Fsp3) is 0.0667. The van der Waals surface area contributed by atoms with Gasteiger partial charge in [-0.3, -0.25) is 8.91 Å². The number of hydrogen-bond donors (Lipinski definition) is 2. The van der Waals surface area contributed by atoms with Crippen molar-refractivity contribution in [1.29, 1.82) is 0 Å². The maximum Gasteiger partial charge on any atom is 0.261 e. The van der Waals surface area contributed by atoms with E-state index in [9.17, 15) is 4.21 Å². The number of rotatable bonds is 5. The second kappa shape index (κ2) is 6.36. The lowest BCUT2D eigenvalue weighted by molar-refractivity contribution is 0.449. The molecule has 0 heterocycles. The van der Waals surface area contributed by atoms with Crippen LogP contribution in [0.1, 0.15) is 11.1 Å². The molecule has 0 bridgehead atoms. The first kappa shape index (κ1) is 14.3. The van der Waals surface area contributed by atoms with Crippen molar-refractivity contribution in [3.63, 3.8) is 0 Å². The third-order valence-electron chi connectivity index (χ3n) is 2.87. The van der Waals surface area contributed by atoms with Crippen LogP contribution in [0.5, 0.6) is 0 Å². The molecule has 0 saturated carbocycles. The number of nitrogens with one attached hydrogen (secondary N) is 1. The molecule has 1 atom stereocenters. The number of anilines is 2. The predicted octanol–water partition coefficient (Wildman–Crippen LogP) is 2.97. The first-order chi connectivity index (χ1) is 9.61. The summed E-state index contributed by atoms with van der Waals surface area (Å²) in [6.45, 7) is 4.09. The monoisotopic (exact) mass is 288 g/mol. The molecule has 0 aliphatic carbocycles. The number of nitrogen functional groups attached to an aromatic ring is 1. The Hall–Kier alpha value is -2.11. The third-order valence-corrected chi connectivity index (χ3v) is 3.56. The molecule has 0 fully saturated rings. The van der Waals surface area contributed by atoms with Crippen LogP contribution >= 0.6 is 0 Å². The van der Waals surface area contributed by atoms with E-state index in [4.69, 9.17) is 5.73 Å². The van der Waals surface area contributed by atoms with Crippen molar-refractivity contribution >= 4 is 28.2 Å². The highest BCUT2D eigenvalue weighted by molar-refractivity contribution is 7.81. The standard InChI is InChI=1S/C15H16N2O2S/c1-11(12-6-4-3-5-7-12)13-8-9-14(16)15(10-13)17-20(18)19-2/h3-10,17H,1,16H2,2H3. The van der Waals surface area contributed by atoms with Gasteiger partial charge in [0.15, 0.2) is 0 Å². The first-order valence-electron chi connectivity index (χ1n) is 5.99. The van der Waals surface area contributed by atoms with Gasteiger partial charge in [-0.25, -0.2) is 4.21 Å². The van der Waals surface area contributed by atoms with E-state index in [-0.39, 0.29) is 0 Å². The largest absolute Gasteiger partial charge is 0.397 e. The van der Waals surface area contributed by atoms with Crippen molar-refractivity contribution in [2.24, 2.45) is 0 Å². The van der Waals surface area contributed by atoms with E-state index in [2.05, 4.69) is 15.5 Å². The maximum atomic E-state index is 11.4. The van der Waals surface area contributed by atoms with Crippen molar-refractivity contribution in [2.45, 2.75) is 0 Å². The lowest BCUT2D eigenvalue weighted by Crippen LogP contribution is -2.07. The Labute approximate surface area is 121 Å². The van der Waals surface area contributed by atoms with Gasteiger partial charge in [-0.2, -0.15) is 0 Å². The van der Waals surface area contributed by atoms with Gasteiger partial charge in [-0.15, -0.1) is 0 Å². The lowest BCUT2D eigenvalue weighted by atomic mass is 9.99. The summed E-state index contributed by atoms with van der Waals surface area (Å²) in [7, 11) is 1.35. The minimum absolute atomic E-state index is 0.500. The SMILES string of the molecule is C=C(c1ccccc1)c1ccc(N)c(NS(=O)OC)c1. The quantitative estimate of drug-likeness (QED) is 0.831. The maximum absolute atomic E-state index is 11.4. The third kappa shape index (κ3) is 3.26. The Morgan fingerprint density at radius 3 is 2.55 bits per heavy atom. The van der Waals surface area contributed by atoms with E-state index in [1.54, 1.807) is 6.07 Å². The summed E-state index contributed by atoms with van der Waals surface area (Å²) >= 11 is -1.61. The molecule has 4 nitrogen and oxygen atoms in total. The van der Waals surface area contributed by atoms with E-state index >= 15 is 0 Å². The summed E-state index contributed by atoms with van der Waals surface area (Å²) in [4.78, 5) is 0. The van der Waals surface area contributed by atoms with Crippen LogP contribution in [-0.2, 0) is 15.4 Å². The minimum Gasteiger partial charge on any atom is -0.397 e. The summed E-state index contributed by atoms with van der Waals surface area (Å²) < 4.78 is 18.8. The molecular formula is C15H16N2O2S. The average molecular weight is 288 g/mol. The summed E-state index contributed by atoms with van der Waals surface area (Å²) in [5.41, 5.74) is 9.70. The Morgan fingerprint density at radius 2 is 1.90 bits per heavy atom. The van der Waals surface area contributed by atoms with Gasteiger partial charge in [-0.05, 0) is 28.8 Å².